The van der Waals surface area contributed by atoms with E-state index in [9.17, 15) is 70.6 Å². The third-order valence-corrected chi connectivity index (χ3v) is 19.0. The molecule has 0 bridgehead atoms. The maximum Gasteiger partial charge on any atom is 0.335 e. The van der Waals surface area contributed by atoms with E-state index in [0.29, 0.717) is 25.7 Å². The van der Waals surface area contributed by atoms with Gasteiger partial charge in [-0.3, -0.25) is 4.79 Å². The van der Waals surface area contributed by atoms with Crippen molar-refractivity contribution in [2.75, 3.05) is 0 Å². The summed E-state index contributed by atoms with van der Waals surface area (Å²) in [5.41, 5.74) is -0.676. The van der Waals surface area contributed by atoms with Gasteiger partial charge in [-0.05, 0) is 104 Å². The van der Waals surface area contributed by atoms with Gasteiger partial charge in [-0.15, -0.1) is 0 Å². The lowest BCUT2D eigenvalue weighted by molar-refractivity contribution is -0.392. The van der Waals surface area contributed by atoms with Crippen LogP contribution in [0.15, 0.2) is 23.3 Å². The zero-order valence-electron chi connectivity index (χ0n) is 39.9. The highest BCUT2D eigenvalue weighted by Gasteiger charge is 2.68. The number of allylic oxidation sites excluding steroid dienone is 4. The molecule has 7 fully saturated rings. The van der Waals surface area contributed by atoms with Gasteiger partial charge in [0.2, 0.25) is 0 Å². The summed E-state index contributed by atoms with van der Waals surface area (Å²) in [6.07, 6.45) is -20.7. The molecule has 0 unspecified atom stereocenters. The summed E-state index contributed by atoms with van der Waals surface area (Å²) < 4.78 is 35.7. The molecule has 5 aliphatic carbocycles. The average Bonchev–Trinajstić information content (AvgIpc) is 3.25. The van der Waals surface area contributed by atoms with E-state index in [0.717, 1.165) is 25.7 Å². The molecule has 384 valence electrons. The van der Waals surface area contributed by atoms with Crippen molar-refractivity contribution in [3.05, 3.63) is 23.3 Å². The molecule has 0 aromatic heterocycles. The summed E-state index contributed by atoms with van der Waals surface area (Å²) in [7, 11) is 0. The van der Waals surface area contributed by atoms with Gasteiger partial charge in [0.25, 0.3) is 0 Å². The predicted octanol–water partition coefficient (Wildman–Crippen LogP) is 0.809. The molecule has 11 N–H and O–H groups in total. The van der Waals surface area contributed by atoms with Crippen LogP contribution in [0, 0.1) is 44.3 Å². The second kappa shape index (κ2) is 17.5. The van der Waals surface area contributed by atoms with Gasteiger partial charge in [-0.1, -0.05) is 64.8 Å². The standard InChI is InChI=1S/C48H72O20/c1-19-26(50)27(51)32(56)39(63-19)67-36-31(55)29(53)34(38(59)60)66-41(36)68-35-30(54)28(52)33(37(57)58)65-40(35)64-25-12-13-45(5)22(43(25,2)3)11-14-48(8)23(45)10-9-20-21-17-46(6,42(61)62)24(49)18-44(21,4)15-16-47(20,48)7/h9-10,19,21-22,24-36,39-41,49-56H,11-18H2,1-8H3,(H,57,58)(H,59,60)(H,61,62)/t19-,21-,22-,24+,25-,26-,27+,28-,29-,30-,31-,32+,33-,34-,35+,36+,39-,40+,41-,44-,45-,46-,47+,48+/m0/s1. The SMILES string of the molecule is C[C@@H]1O[C@@H](O[C@H]2[C@H](O[C@H]3[C@H](O[C@H]4CC[C@]5(C)C6=CC=C7[C@@H]8C[C@](C)(C(=O)O)[C@H](O)C[C@]8(C)CC[C@@]7(C)[C@]6(C)CC[C@H]5C4(C)C)O[C@H](C(=O)O)[C@@H](O)[C@@H]3O)O[C@H](C(=O)O)[C@@H](O)[C@@H]2O)[C@H](O)[C@H](O)[C@H]1O. The van der Waals surface area contributed by atoms with Crippen LogP contribution in [0.1, 0.15) is 107 Å². The van der Waals surface area contributed by atoms with Crippen molar-refractivity contribution in [1.82, 2.24) is 0 Å². The van der Waals surface area contributed by atoms with Crippen molar-refractivity contribution < 1.29 is 99.0 Å². The number of carboxylic acid groups (broad SMARTS) is 3. The summed E-state index contributed by atoms with van der Waals surface area (Å²) in [6, 6.07) is 0. The Labute approximate surface area is 394 Å². The molecule has 24 atom stereocenters. The van der Waals surface area contributed by atoms with Crippen molar-refractivity contribution in [3.63, 3.8) is 0 Å². The molecule has 8 rings (SSSR count). The van der Waals surface area contributed by atoms with Crippen LogP contribution in [-0.2, 0) is 42.8 Å². The molecule has 20 heteroatoms. The minimum absolute atomic E-state index is 0.0278. The highest BCUT2D eigenvalue weighted by molar-refractivity contribution is 5.75. The van der Waals surface area contributed by atoms with Gasteiger partial charge in [0.05, 0.1) is 23.7 Å². The average molecular weight is 969 g/mol. The van der Waals surface area contributed by atoms with Crippen LogP contribution in [0.5, 0.6) is 0 Å². The zero-order chi connectivity index (χ0) is 50.2. The van der Waals surface area contributed by atoms with Gasteiger partial charge in [0, 0.05) is 0 Å². The number of aliphatic hydroxyl groups is 8. The lowest BCUT2D eigenvalue weighted by Gasteiger charge is -2.69. The van der Waals surface area contributed by atoms with E-state index in [1.807, 2.05) is 13.8 Å². The van der Waals surface area contributed by atoms with Gasteiger partial charge in [0.1, 0.15) is 54.9 Å². The number of carbonyl (C=O) groups is 3. The molecular formula is C48H72O20. The highest BCUT2D eigenvalue weighted by Crippen LogP contribution is 2.74. The summed E-state index contributed by atoms with van der Waals surface area (Å²) in [5, 5.41) is 118. The van der Waals surface area contributed by atoms with Crippen LogP contribution >= 0.6 is 0 Å². The molecule has 0 aromatic rings. The molecule has 0 radical (unpaired) electrons. The van der Waals surface area contributed by atoms with Gasteiger partial charge >= 0.3 is 17.9 Å². The van der Waals surface area contributed by atoms with Crippen LogP contribution in [0.4, 0.5) is 0 Å². The van der Waals surface area contributed by atoms with E-state index >= 15 is 0 Å². The number of aliphatic hydroxyl groups excluding tert-OH is 8. The first kappa shape index (κ1) is 51.7. The van der Waals surface area contributed by atoms with Crippen molar-refractivity contribution in [2.45, 2.75) is 211 Å². The molecule has 3 heterocycles. The second-order valence-electron chi connectivity index (χ2n) is 23.1. The van der Waals surface area contributed by atoms with E-state index in [1.54, 1.807) is 6.92 Å². The smallest absolute Gasteiger partial charge is 0.335 e. The second-order valence-corrected chi connectivity index (χ2v) is 23.1. The summed E-state index contributed by atoms with van der Waals surface area (Å²) in [5.74, 6) is -4.43. The fourth-order valence-corrected chi connectivity index (χ4v) is 14.4. The molecule has 0 amide bonds. The van der Waals surface area contributed by atoms with Crippen molar-refractivity contribution >= 4 is 17.9 Å². The van der Waals surface area contributed by atoms with E-state index in [2.05, 4.69) is 39.8 Å². The van der Waals surface area contributed by atoms with E-state index in [4.69, 9.17) is 28.4 Å². The number of hydrogen-bond donors (Lipinski definition) is 11. The first-order chi connectivity index (χ1) is 31.5. The lowest BCUT2D eigenvalue weighted by atomic mass is 9.36. The Hall–Kier alpha value is -2.67. The molecule has 3 saturated heterocycles. The number of hydrogen-bond acceptors (Lipinski definition) is 17. The fraction of sp³-hybridized carbons (Fsp3) is 0.854. The molecule has 68 heavy (non-hydrogen) atoms. The summed E-state index contributed by atoms with van der Waals surface area (Å²) >= 11 is 0. The van der Waals surface area contributed by atoms with Crippen molar-refractivity contribution in [2.24, 2.45) is 44.3 Å². The predicted molar refractivity (Wildman–Crippen MR) is 232 cm³/mol. The fourth-order valence-electron chi connectivity index (χ4n) is 14.4. The normalized spacial score (nSPS) is 53.3. The maximum absolute atomic E-state index is 12.6. The number of aliphatic carboxylic acids is 3. The van der Waals surface area contributed by atoms with Gasteiger partial charge in [-0.2, -0.15) is 0 Å². The lowest BCUT2D eigenvalue weighted by Crippen LogP contribution is -2.68. The molecule has 0 spiro atoms. The number of fused-ring (bicyclic) bond motifs is 7. The molecule has 20 nitrogen and oxygen atoms in total. The topological polar surface area (TPSA) is 329 Å². The minimum Gasteiger partial charge on any atom is -0.481 e. The maximum atomic E-state index is 12.6. The van der Waals surface area contributed by atoms with Gasteiger partial charge in [0.15, 0.2) is 31.1 Å². The Bertz CT molecular complexity index is 2040. The van der Waals surface area contributed by atoms with Crippen LogP contribution in [-0.4, -0.2) is 178 Å². The first-order valence-electron chi connectivity index (χ1n) is 24.0. The summed E-state index contributed by atoms with van der Waals surface area (Å²) in [4.78, 5) is 37.3. The van der Waals surface area contributed by atoms with Crippen LogP contribution < -0.4 is 0 Å². The van der Waals surface area contributed by atoms with E-state index in [1.165, 1.54) is 18.1 Å². The Kier molecular flexibility index (Phi) is 13.3. The Morgan fingerprint density at radius 1 is 0.588 bits per heavy atom. The Morgan fingerprint density at radius 3 is 1.71 bits per heavy atom. The van der Waals surface area contributed by atoms with Gasteiger partial charge in [-0.25, -0.2) is 9.59 Å². The van der Waals surface area contributed by atoms with Crippen molar-refractivity contribution in [3.8, 4) is 0 Å². The monoisotopic (exact) mass is 968 g/mol. The number of ether oxygens (including phenoxy) is 6. The van der Waals surface area contributed by atoms with Crippen LogP contribution in [0.2, 0.25) is 0 Å². The quantitative estimate of drug-likeness (QED) is 0.142. The molecule has 0 aromatic carbocycles. The largest absolute Gasteiger partial charge is 0.481 e. The highest BCUT2D eigenvalue weighted by atomic mass is 16.8. The minimum atomic E-state index is -2.15. The Morgan fingerprint density at radius 2 is 1.15 bits per heavy atom. The number of carboxylic acids is 3. The molecule has 4 saturated carbocycles. The summed E-state index contributed by atoms with van der Waals surface area (Å²) in [6.45, 7) is 16.2. The number of rotatable bonds is 9. The van der Waals surface area contributed by atoms with Crippen molar-refractivity contribution in [1.29, 1.82) is 0 Å². The van der Waals surface area contributed by atoms with E-state index in [-0.39, 0.29) is 33.5 Å². The molecular weight excluding hydrogens is 897 g/mol. The molecule has 8 aliphatic rings. The van der Waals surface area contributed by atoms with Gasteiger partial charge < -0.3 is 84.6 Å². The zero-order valence-corrected chi connectivity index (χ0v) is 39.9. The van der Waals surface area contributed by atoms with Crippen LogP contribution in [0.25, 0.3) is 0 Å². The third-order valence-electron chi connectivity index (χ3n) is 19.0. The van der Waals surface area contributed by atoms with Crippen LogP contribution in [0.3, 0.4) is 0 Å². The third kappa shape index (κ3) is 7.74. The van der Waals surface area contributed by atoms with E-state index < -0.39 is 133 Å². The molecule has 3 aliphatic heterocycles. The Balaban J connectivity index is 1.09. The first-order valence-corrected chi connectivity index (χ1v) is 24.0.